The fraction of sp³-hybridized carbons (Fsp3) is 0.636. The summed E-state index contributed by atoms with van der Waals surface area (Å²) in [5, 5.41) is 7.67. The summed E-state index contributed by atoms with van der Waals surface area (Å²) in [6.07, 6.45) is 5.00. The zero-order chi connectivity index (χ0) is 9.86. The van der Waals surface area contributed by atoms with Gasteiger partial charge in [0.2, 0.25) is 0 Å². The van der Waals surface area contributed by atoms with Crippen molar-refractivity contribution in [3.8, 4) is 0 Å². The maximum Gasteiger partial charge on any atom is 0.0850 e. The van der Waals surface area contributed by atoms with Crippen LogP contribution in [0, 0.1) is 0 Å². The highest BCUT2D eigenvalue weighted by molar-refractivity contribution is 7.08. The number of anilines is 1. The molecule has 0 aliphatic heterocycles. The summed E-state index contributed by atoms with van der Waals surface area (Å²) in [7, 11) is 1.83. The predicted octanol–water partition coefficient (Wildman–Crippen LogP) is 3.12. The number of rotatable bonds is 4. The van der Waals surface area contributed by atoms with Gasteiger partial charge in [-0.3, -0.25) is 0 Å². The minimum Gasteiger partial charge on any atom is -0.381 e. The lowest BCUT2D eigenvalue weighted by molar-refractivity contribution is 0.00743. The van der Waals surface area contributed by atoms with E-state index >= 15 is 0 Å². The van der Waals surface area contributed by atoms with Gasteiger partial charge >= 0.3 is 0 Å². The van der Waals surface area contributed by atoms with Crippen LogP contribution in [0.2, 0.25) is 0 Å². The summed E-state index contributed by atoms with van der Waals surface area (Å²) in [4.78, 5) is 0. The Morgan fingerprint density at radius 2 is 2.29 bits per heavy atom. The van der Waals surface area contributed by atoms with Crippen molar-refractivity contribution in [3.05, 3.63) is 16.8 Å². The molecule has 0 aromatic carbocycles. The second-order valence-electron chi connectivity index (χ2n) is 3.96. The summed E-state index contributed by atoms with van der Waals surface area (Å²) in [5.41, 5.74) is 1.32. The van der Waals surface area contributed by atoms with Crippen LogP contribution in [-0.4, -0.2) is 19.3 Å². The van der Waals surface area contributed by atoms with Crippen molar-refractivity contribution in [1.29, 1.82) is 0 Å². The molecule has 14 heavy (non-hydrogen) atoms. The predicted molar refractivity (Wildman–Crippen MR) is 61.0 cm³/mol. The van der Waals surface area contributed by atoms with E-state index in [0.717, 1.165) is 6.54 Å². The van der Waals surface area contributed by atoms with Gasteiger partial charge in [-0.2, -0.15) is 11.3 Å². The highest BCUT2D eigenvalue weighted by Gasteiger charge is 2.33. The monoisotopic (exact) mass is 211 g/mol. The van der Waals surface area contributed by atoms with Gasteiger partial charge in [0.15, 0.2) is 0 Å². The second kappa shape index (κ2) is 4.32. The van der Waals surface area contributed by atoms with Crippen LogP contribution in [0.15, 0.2) is 16.8 Å². The quantitative estimate of drug-likeness (QED) is 0.826. The molecule has 1 fully saturated rings. The molecule has 1 heterocycles. The van der Waals surface area contributed by atoms with Gasteiger partial charge in [0, 0.05) is 24.7 Å². The molecule has 2 nitrogen and oxygen atoms in total. The molecule has 1 aliphatic carbocycles. The molecule has 1 aliphatic rings. The van der Waals surface area contributed by atoms with Crippen LogP contribution in [0.25, 0.3) is 0 Å². The Morgan fingerprint density at radius 1 is 1.50 bits per heavy atom. The molecule has 0 unspecified atom stereocenters. The van der Waals surface area contributed by atoms with Crippen molar-refractivity contribution in [1.82, 2.24) is 0 Å². The lowest BCUT2D eigenvalue weighted by Gasteiger charge is -2.27. The van der Waals surface area contributed by atoms with E-state index in [1.54, 1.807) is 11.3 Å². The first-order valence-electron chi connectivity index (χ1n) is 5.16. The Bertz CT molecular complexity index is 265. The molecular formula is C11H17NOS. The first-order valence-corrected chi connectivity index (χ1v) is 6.10. The molecule has 1 saturated carbocycles. The van der Waals surface area contributed by atoms with E-state index in [1.807, 2.05) is 7.11 Å². The highest BCUT2D eigenvalue weighted by atomic mass is 32.1. The van der Waals surface area contributed by atoms with Crippen LogP contribution in [0.4, 0.5) is 5.69 Å². The average molecular weight is 211 g/mol. The van der Waals surface area contributed by atoms with E-state index < -0.39 is 0 Å². The van der Waals surface area contributed by atoms with Gasteiger partial charge < -0.3 is 10.1 Å². The van der Waals surface area contributed by atoms with E-state index in [2.05, 4.69) is 22.1 Å². The lowest BCUT2D eigenvalue weighted by Crippen LogP contribution is -2.35. The standard InChI is InChI=1S/C11H17NOS/c1-13-11(5-2-3-6-11)9-12-10-4-7-14-8-10/h4,7-8,12H,2-3,5-6,9H2,1H3. The van der Waals surface area contributed by atoms with Crippen LogP contribution in [0.5, 0.6) is 0 Å². The summed E-state index contributed by atoms with van der Waals surface area (Å²) in [6, 6.07) is 2.11. The number of ether oxygens (including phenoxy) is 1. The zero-order valence-electron chi connectivity index (χ0n) is 8.58. The van der Waals surface area contributed by atoms with Gasteiger partial charge in [-0.1, -0.05) is 12.8 Å². The topological polar surface area (TPSA) is 21.3 Å². The van der Waals surface area contributed by atoms with Crippen molar-refractivity contribution in [2.75, 3.05) is 19.0 Å². The summed E-state index contributed by atoms with van der Waals surface area (Å²) < 4.78 is 5.64. The van der Waals surface area contributed by atoms with E-state index in [4.69, 9.17) is 4.74 Å². The zero-order valence-corrected chi connectivity index (χ0v) is 9.40. The number of methoxy groups -OCH3 is 1. The Morgan fingerprint density at radius 3 is 2.86 bits per heavy atom. The molecule has 2 rings (SSSR count). The third kappa shape index (κ3) is 2.10. The van der Waals surface area contributed by atoms with Gasteiger partial charge in [0.1, 0.15) is 0 Å². The normalized spacial score (nSPS) is 19.8. The van der Waals surface area contributed by atoms with Crippen molar-refractivity contribution in [2.24, 2.45) is 0 Å². The van der Waals surface area contributed by atoms with E-state index in [9.17, 15) is 0 Å². The second-order valence-corrected chi connectivity index (χ2v) is 4.74. The van der Waals surface area contributed by atoms with E-state index in [0.29, 0.717) is 0 Å². The first-order chi connectivity index (χ1) is 6.85. The van der Waals surface area contributed by atoms with Crippen LogP contribution >= 0.6 is 11.3 Å². The largest absolute Gasteiger partial charge is 0.381 e. The molecule has 0 bridgehead atoms. The minimum absolute atomic E-state index is 0.0991. The van der Waals surface area contributed by atoms with Crippen LogP contribution in [0.1, 0.15) is 25.7 Å². The number of hydrogen-bond donors (Lipinski definition) is 1. The summed E-state index contributed by atoms with van der Waals surface area (Å²) in [5.74, 6) is 0. The Hall–Kier alpha value is -0.540. The van der Waals surface area contributed by atoms with Crippen molar-refractivity contribution < 1.29 is 4.74 Å². The maximum atomic E-state index is 5.64. The third-order valence-electron chi connectivity index (χ3n) is 3.08. The molecular weight excluding hydrogens is 194 g/mol. The molecule has 0 amide bonds. The van der Waals surface area contributed by atoms with Crippen LogP contribution < -0.4 is 5.32 Å². The fourth-order valence-corrected chi connectivity index (χ4v) is 2.71. The Balaban J connectivity index is 1.89. The van der Waals surface area contributed by atoms with Crippen LogP contribution in [-0.2, 0) is 4.74 Å². The first kappa shape index (κ1) is 9.99. The summed E-state index contributed by atoms with van der Waals surface area (Å²) >= 11 is 1.73. The number of hydrogen-bond acceptors (Lipinski definition) is 3. The molecule has 0 atom stereocenters. The lowest BCUT2D eigenvalue weighted by atomic mass is 10.0. The van der Waals surface area contributed by atoms with Gasteiger partial charge in [0.25, 0.3) is 0 Å². The Labute approximate surface area is 89.3 Å². The van der Waals surface area contributed by atoms with E-state index in [1.165, 1.54) is 31.4 Å². The van der Waals surface area contributed by atoms with Gasteiger partial charge in [-0.05, 0) is 24.3 Å². The van der Waals surface area contributed by atoms with Crippen molar-refractivity contribution in [3.63, 3.8) is 0 Å². The molecule has 0 saturated heterocycles. The third-order valence-corrected chi connectivity index (χ3v) is 3.77. The summed E-state index contributed by atoms with van der Waals surface area (Å²) in [6.45, 7) is 0.945. The smallest absolute Gasteiger partial charge is 0.0850 e. The fourth-order valence-electron chi connectivity index (χ4n) is 2.10. The van der Waals surface area contributed by atoms with Crippen molar-refractivity contribution >= 4 is 17.0 Å². The molecule has 1 aromatic heterocycles. The minimum atomic E-state index is 0.0991. The Kier molecular flexibility index (Phi) is 3.08. The number of thiophene rings is 1. The van der Waals surface area contributed by atoms with Crippen molar-refractivity contribution in [2.45, 2.75) is 31.3 Å². The highest BCUT2D eigenvalue weighted by Crippen LogP contribution is 2.32. The molecule has 3 heteroatoms. The SMILES string of the molecule is COC1(CNc2ccsc2)CCCC1. The van der Waals surface area contributed by atoms with Gasteiger partial charge in [-0.25, -0.2) is 0 Å². The average Bonchev–Trinajstić information content (AvgIpc) is 2.87. The molecule has 0 radical (unpaired) electrons. The molecule has 0 spiro atoms. The number of nitrogens with one attached hydrogen (secondary N) is 1. The van der Waals surface area contributed by atoms with Crippen LogP contribution in [0.3, 0.4) is 0 Å². The molecule has 1 N–H and O–H groups in total. The molecule has 1 aromatic rings. The molecule has 78 valence electrons. The van der Waals surface area contributed by atoms with E-state index in [-0.39, 0.29) is 5.60 Å². The van der Waals surface area contributed by atoms with Gasteiger partial charge in [0.05, 0.1) is 5.60 Å². The maximum absolute atomic E-state index is 5.64. The van der Waals surface area contributed by atoms with Gasteiger partial charge in [-0.15, -0.1) is 0 Å².